The maximum Gasteiger partial charge on any atom is 0.248 e. The lowest BCUT2D eigenvalue weighted by Crippen LogP contribution is -2.43. The van der Waals surface area contributed by atoms with Gasteiger partial charge in [0, 0.05) is 62.2 Å². The summed E-state index contributed by atoms with van der Waals surface area (Å²) in [7, 11) is 2.16. The lowest BCUT2D eigenvalue weighted by Gasteiger charge is -2.32. The standard InChI is InChI=1S/C21H25N5O2S/c1-25-8-10-26(11-9-25)14-16-3-2-4-18(13-16)22-19(27)5-6-20-23-24-21(28-20)17-7-12-29-15-17/h2-4,7,12-13,15H,5-6,8-11,14H2,1H3,(H,22,27). The van der Waals surface area contributed by atoms with Crippen LogP contribution in [0.5, 0.6) is 0 Å². The number of hydrogen-bond acceptors (Lipinski definition) is 7. The Kier molecular flexibility index (Phi) is 6.33. The van der Waals surface area contributed by atoms with Gasteiger partial charge >= 0.3 is 0 Å². The van der Waals surface area contributed by atoms with Gasteiger partial charge in [-0.05, 0) is 36.2 Å². The zero-order valence-corrected chi connectivity index (χ0v) is 17.3. The molecule has 0 unspecified atom stereocenters. The van der Waals surface area contributed by atoms with E-state index in [0.717, 1.165) is 44.0 Å². The van der Waals surface area contributed by atoms with Crippen LogP contribution in [0.4, 0.5) is 5.69 Å². The molecule has 1 amide bonds. The van der Waals surface area contributed by atoms with Crippen molar-refractivity contribution in [2.45, 2.75) is 19.4 Å². The molecule has 152 valence electrons. The van der Waals surface area contributed by atoms with Gasteiger partial charge in [-0.25, -0.2) is 0 Å². The minimum atomic E-state index is -0.0583. The molecule has 0 atom stereocenters. The molecule has 2 aromatic heterocycles. The molecule has 1 aromatic carbocycles. The second-order valence-electron chi connectivity index (χ2n) is 7.34. The molecule has 0 spiro atoms. The number of carbonyl (C=O) groups excluding carboxylic acids is 1. The molecule has 8 heteroatoms. The predicted octanol–water partition coefficient (Wildman–Crippen LogP) is 3.12. The quantitative estimate of drug-likeness (QED) is 0.644. The summed E-state index contributed by atoms with van der Waals surface area (Å²) in [6.07, 6.45) is 0.720. The normalized spacial score (nSPS) is 15.5. The Hall–Kier alpha value is -2.55. The lowest BCUT2D eigenvalue weighted by atomic mass is 10.1. The van der Waals surface area contributed by atoms with E-state index in [4.69, 9.17) is 4.42 Å². The number of carbonyl (C=O) groups is 1. The fourth-order valence-corrected chi connectivity index (χ4v) is 3.94. The van der Waals surface area contributed by atoms with E-state index in [1.165, 1.54) is 5.56 Å². The minimum Gasteiger partial charge on any atom is -0.421 e. The van der Waals surface area contributed by atoms with E-state index < -0.39 is 0 Å². The molecule has 0 saturated carbocycles. The number of amides is 1. The lowest BCUT2D eigenvalue weighted by molar-refractivity contribution is -0.116. The van der Waals surface area contributed by atoms with Crippen molar-refractivity contribution >= 4 is 22.9 Å². The molecular formula is C21H25N5O2S. The van der Waals surface area contributed by atoms with Crippen LogP contribution in [0.3, 0.4) is 0 Å². The van der Waals surface area contributed by atoms with Gasteiger partial charge in [-0.1, -0.05) is 12.1 Å². The highest BCUT2D eigenvalue weighted by Gasteiger charge is 2.14. The summed E-state index contributed by atoms with van der Waals surface area (Å²) in [6, 6.07) is 10.0. The molecule has 7 nitrogen and oxygen atoms in total. The Morgan fingerprint density at radius 3 is 2.86 bits per heavy atom. The third kappa shape index (κ3) is 5.50. The van der Waals surface area contributed by atoms with Gasteiger partial charge in [-0.2, -0.15) is 11.3 Å². The van der Waals surface area contributed by atoms with Crippen LogP contribution in [-0.4, -0.2) is 59.1 Å². The summed E-state index contributed by atoms with van der Waals surface area (Å²) in [5.41, 5.74) is 2.95. The van der Waals surface area contributed by atoms with E-state index in [1.54, 1.807) is 11.3 Å². The zero-order valence-electron chi connectivity index (χ0n) is 16.5. The molecule has 0 radical (unpaired) electrons. The first-order valence-electron chi connectivity index (χ1n) is 9.80. The predicted molar refractivity (Wildman–Crippen MR) is 114 cm³/mol. The summed E-state index contributed by atoms with van der Waals surface area (Å²) >= 11 is 1.58. The number of hydrogen-bond donors (Lipinski definition) is 1. The van der Waals surface area contributed by atoms with Crippen molar-refractivity contribution < 1.29 is 9.21 Å². The number of nitrogens with zero attached hydrogens (tertiary/aromatic N) is 4. The van der Waals surface area contributed by atoms with Gasteiger partial charge in [0.1, 0.15) is 0 Å². The molecule has 1 fully saturated rings. The number of anilines is 1. The van der Waals surface area contributed by atoms with E-state index in [1.807, 2.05) is 29.0 Å². The van der Waals surface area contributed by atoms with Crippen LogP contribution >= 0.6 is 11.3 Å². The summed E-state index contributed by atoms with van der Waals surface area (Å²) in [4.78, 5) is 17.1. The van der Waals surface area contributed by atoms with Gasteiger partial charge in [0.15, 0.2) is 0 Å². The molecule has 0 aliphatic carbocycles. The first-order chi connectivity index (χ1) is 14.2. The SMILES string of the molecule is CN1CCN(Cc2cccc(NC(=O)CCc3nnc(-c4ccsc4)o3)c2)CC1. The Balaban J connectivity index is 1.27. The molecule has 4 rings (SSSR count). The van der Waals surface area contributed by atoms with Crippen molar-refractivity contribution in [3.63, 3.8) is 0 Å². The molecule has 1 N–H and O–H groups in total. The number of aromatic nitrogens is 2. The van der Waals surface area contributed by atoms with Crippen LogP contribution in [0.2, 0.25) is 0 Å². The van der Waals surface area contributed by atoms with Gasteiger partial charge in [0.2, 0.25) is 17.7 Å². The number of thiophene rings is 1. The molecule has 1 saturated heterocycles. The second kappa shape index (κ2) is 9.30. The van der Waals surface area contributed by atoms with E-state index in [0.29, 0.717) is 24.6 Å². The van der Waals surface area contributed by atoms with Crippen molar-refractivity contribution in [2.75, 3.05) is 38.5 Å². The minimum absolute atomic E-state index is 0.0583. The number of aryl methyl sites for hydroxylation is 1. The Morgan fingerprint density at radius 2 is 2.07 bits per heavy atom. The Bertz CT molecular complexity index is 932. The van der Waals surface area contributed by atoms with Gasteiger partial charge < -0.3 is 14.6 Å². The summed E-state index contributed by atoms with van der Waals surface area (Å²) < 4.78 is 5.64. The van der Waals surface area contributed by atoms with Gasteiger partial charge in [0.05, 0.1) is 0 Å². The third-order valence-corrected chi connectivity index (χ3v) is 5.70. The van der Waals surface area contributed by atoms with Crippen LogP contribution in [0, 0.1) is 0 Å². The smallest absolute Gasteiger partial charge is 0.248 e. The van der Waals surface area contributed by atoms with E-state index >= 15 is 0 Å². The highest BCUT2D eigenvalue weighted by Crippen LogP contribution is 2.21. The largest absolute Gasteiger partial charge is 0.421 e. The summed E-state index contributed by atoms with van der Waals surface area (Å²) in [5.74, 6) is 0.917. The van der Waals surface area contributed by atoms with Crippen LogP contribution in [0.1, 0.15) is 17.9 Å². The highest BCUT2D eigenvalue weighted by atomic mass is 32.1. The number of nitrogens with one attached hydrogen (secondary N) is 1. The van der Waals surface area contributed by atoms with Crippen LogP contribution in [0.25, 0.3) is 11.5 Å². The molecule has 1 aliphatic rings. The second-order valence-corrected chi connectivity index (χ2v) is 8.12. The number of rotatable bonds is 7. The number of piperazine rings is 1. The van der Waals surface area contributed by atoms with Crippen LogP contribution in [-0.2, 0) is 17.8 Å². The molecule has 29 heavy (non-hydrogen) atoms. The maximum atomic E-state index is 12.3. The zero-order chi connectivity index (χ0) is 20.1. The van der Waals surface area contributed by atoms with E-state index in [-0.39, 0.29) is 5.91 Å². The number of likely N-dealkylation sites (N-methyl/N-ethyl adjacent to an activating group) is 1. The van der Waals surface area contributed by atoms with E-state index in [2.05, 4.69) is 44.5 Å². The highest BCUT2D eigenvalue weighted by molar-refractivity contribution is 7.08. The molecule has 3 aromatic rings. The Labute approximate surface area is 174 Å². The van der Waals surface area contributed by atoms with Crippen molar-refractivity contribution in [3.8, 4) is 11.5 Å². The average molecular weight is 412 g/mol. The molecule has 0 bridgehead atoms. The summed E-state index contributed by atoms with van der Waals surface area (Å²) in [6.45, 7) is 5.25. The van der Waals surface area contributed by atoms with Gasteiger partial charge in [-0.15, -0.1) is 10.2 Å². The fourth-order valence-electron chi connectivity index (χ4n) is 3.31. The van der Waals surface area contributed by atoms with Crippen molar-refractivity contribution in [1.29, 1.82) is 0 Å². The van der Waals surface area contributed by atoms with Gasteiger partial charge in [-0.3, -0.25) is 9.69 Å². The first kappa shape index (κ1) is 19.8. The molecule has 3 heterocycles. The fraction of sp³-hybridized carbons (Fsp3) is 0.381. The number of benzene rings is 1. The van der Waals surface area contributed by atoms with Crippen molar-refractivity contribution in [1.82, 2.24) is 20.0 Å². The molecular weight excluding hydrogens is 386 g/mol. The summed E-state index contributed by atoms with van der Waals surface area (Å²) in [5, 5.41) is 15.0. The Morgan fingerprint density at radius 1 is 1.21 bits per heavy atom. The third-order valence-electron chi connectivity index (χ3n) is 5.01. The first-order valence-corrected chi connectivity index (χ1v) is 10.7. The van der Waals surface area contributed by atoms with E-state index in [9.17, 15) is 4.79 Å². The van der Waals surface area contributed by atoms with Gasteiger partial charge in [0.25, 0.3) is 0 Å². The maximum absolute atomic E-state index is 12.3. The monoisotopic (exact) mass is 411 g/mol. The topological polar surface area (TPSA) is 74.5 Å². The average Bonchev–Trinajstić information content (AvgIpc) is 3.40. The van der Waals surface area contributed by atoms with Crippen LogP contribution in [0.15, 0.2) is 45.5 Å². The van der Waals surface area contributed by atoms with Crippen LogP contribution < -0.4 is 5.32 Å². The van der Waals surface area contributed by atoms with Crippen molar-refractivity contribution in [3.05, 3.63) is 52.5 Å². The molecule has 1 aliphatic heterocycles. The van der Waals surface area contributed by atoms with Crippen molar-refractivity contribution in [2.24, 2.45) is 0 Å².